The lowest BCUT2D eigenvalue weighted by Crippen LogP contribution is -2.27. The summed E-state index contributed by atoms with van der Waals surface area (Å²) in [7, 11) is 0. The highest BCUT2D eigenvalue weighted by Crippen LogP contribution is 2.26. The fraction of sp³-hybridized carbons (Fsp3) is 0. The smallest absolute Gasteiger partial charge is 0.276 e. The Morgan fingerprint density at radius 3 is 2.64 bits per heavy atom. The Kier molecular flexibility index (Phi) is 4.35. The summed E-state index contributed by atoms with van der Waals surface area (Å²) >= 11 is 5.05. The summed E-state index contributed by atoms with van der Waals surface area (Å²) in [5.41, 5.74) is 3.35. The highest BCUT2D eigenvalue weighted by Gasteiger charge is 2.28. The van der Waals surface area contributed by atoms with E-state index in [0.717, 1.165) is 0 Å². The summed E-state index contributed by atoms with van der Waals surface area (Å²) in [6, 6.07) is 9.86. The number of carbonyl (C=O) groups is 1. The molecule has 0 saturated carbocycles. The minimum atomic E-state index is -0.553. The lowest BCUT2D eigenvalue weighted by Gasteiger charge is -2.07. The van der Waals surface area contributed by atoms with Gasteiger partial charge in [0.1, 0.15) is 5.82 Å². The summed E-state index contributed by atoms with van der Waals surface area (Å²) in [6.45, 7) is 0. The van der Waals surface area contributed by atoms with Crippen LogP contribution in [-0.4, -0.2) is 21.7 Å². The maximum Gasteiger partial charge on any atom is 0.276 e. The van der Waals surface area contributed by atoms with Crippen molar-refractivity contribution in [1.29, 1.82) is 0 Å². The van der Waals surface area contributed by atoms with E-state index in [1.807, 2.05) is 0 Å². The number of hydrogen-bond donors (Lipinski definition) is 3. The Labute approximate surface area is 145 Å². The molecule has 25 heavy (non-hydrogen) atoms. The monoisotopic (exact) mass is 359 g/mol. The topological polar surface area (TPSA) is 109 Å². The Balaban J connectivity index is 1.70. The molecule has 2 aromatic rings. The number of non-ortho nitro benzene ring substituents is 1. The first kappa shape index (κ1) is 16.5. The number of benzene rings is 2. The summed E-state index contributed by atoms with van der Waals surface area (Å²) in [4.78, 5) is 22.0. The molecule has 3 N–H and O–H groups in total. The number of para-hydroxylation sites is 1. The molecule has 1 aliphatic rings. The van der Waals surface area contributed by atoms with Gasteiger partial charge in [0.2, 0.25) is 0 Å². The molecule has 8 nitrogen and oxygen atoms in total. The summed E-state index contributed by atoms with van der Waals surface area (Å²) in [6.07, 6.45) is 0. The first-order valence-corrected chi connectivity index (χ1v) is 7.36. The van der Waals surface area contributed by atoms with E-state index in [1.165, 1.54) is 36.4 Å². The van der Waals surface area contributed by atoms with Crippen molar-refractivity contribution in [3.8, 4) is 0 Å². The van der Waals surface area contributed by atoms with Gasteiger partial charge in [0.25, 0.3) is 11.6 Å². The zero-order chi connectivity index (χ0) is 18.0. The van der Waals surface area contributed by atoms with Gasteiger partial charge in [0, 0.05) is 23.4 Å². The number of rotatable bonds is 3. The van der Waals surface area contributed by atoms with Crippen LogP contribution in [0.5, 0.6) is 0 Å². The second-order valence-electron chi connectivity index (χ2n) is 4.95. The van der Waals surface area contributed by atoms with Gasteiger partial charge < -0.3 is 10.6 Å². The van der Waals surface area contributed by atoms with Gasteiger partial charge in [-0.1, -0.05) is 12.1 Å². The van der Waals surface area contributed by atoms with Crippen molar-refractivity contribution in [1.82, 2.24) is 5.43 Å². The molecule has 0 radical (unpaired) electrons. The Morgan fingerprint density at radius 1 is 1.24 bits per heavy atom. The van der Waals surface area contributed by atoms with E-state index in [4.69, 9.17) is 12.2 Å². The predicted octanol–water partition coefficient (Wildman–Crippen LogP) is 2.38. The molecule has 0 unspecified atom stereocenters. The van der Waals surface area contributed by atoms with Gasteiger partial charge in [-0.15, -0.1) is 0 Å². The molecule has 3 rings (SSSR count). The molecular weight excluding hydrogens is 349 g/mol. The molecule has 0 fully saturated rings. The van der Waals surface area contributed by atoms with Crippen LogP contribution in [0.4, 0.5) is 21.5 Å². The molecule has 0 aliphatic carbocycles. The molecule has 0 atom stereocenters. The number of thiocarbonyl (C=S) groups is 1. The molecule has 1 heterocycles. The molecule has 126 valence electrons. The van der Waals surface area contributed by atoms with Crippen molar-refractivity contribution >= 4 is 46.0 Å². The minimum absolute atomic E-state index is 0.00218. The van der Waals surface area contributed by atoms with Gasteiger partial charge in [-0.3, -0.25) is 20.3 Å². The molecule has 0 spiro atoms. The van der Waals surface area contributed by atoms with Crippen molar-refractivity contribution < 1.29 is 14.1 Å². The second kappa shape index (κ2) is 6.61. The molecule has 1 amide bonds. The number of carbonyl (C=O) groups excluding carboxylic acids is 1. The van der Waals surface area contributed by atoms with Gasteiger partial charge in [-0.2, -0.15) is 5.10 Å². The van der Waals surface area contributed by atoms with E-state index >= 15 is 0 Å². The number of hydrazone groups is 1. The first-order valence-electron chi connectivity index (χ1n) is 6.95. The number of nitrogens with zero attached hydrogens (tertiary/aromatic N) is 2. The number of nitrogens with one attached hydrogen (secondary N) is 3. The van der Waals surface area contributed by atoms with Crippen LogP contribution in [0, 0.1) is 15.9 Å². The number of amides is 1. The molecule has 2 aromatic carbocycles. The van der Waals surface area contributed by atoms with Crippen LogP contribution in [0.2, 0.25) is 0 Å². The Bertz CT molecular complexity index is 914. The fourth-order valence-electron chi connectivity index (χ4n) is 2.19. The van der Waals surface area contributed by atoms with Gasteiger partial charge in [0.15, 0.2) is 10.8 Å². The number of hydrogen-bond acceptors (Lipinski definition) is 5. The molecule has 0 aromatic heterocycles. The maximum absolute atomic E-state index is 13.6. The molecule has 0 bridgehead atoms. The van der Waals surface area contributed by atoms with E-state index in [9.17, 15) is 19.3 Å². The fourth-order valence-corrected chi connectivity index (χ4v) is 2.35. The third-order valence-electron chi connectivity index (χ3n) is 3.33. The van der Waals surface area contributed by atoms with E-state index < -0.39 is 16.6 Å². The summed E-state index contributed by atoms with van der Waals surface area (Å²) in [5, 5.41) is 19.7. The van der Waals surface area contributed by atoms with E-state index in [-0.39, 0.29) is 22.2 Å². The van der Waals surface area contributed by atoms with Crippen LogP contribution in [0.15, 0.2) is 47.6 Å². The van der Waals surface area contributed by atoms with Crippen molar-refractivity contribution in [2.24, 2.45) is 5.10 Å². The van der Waals surface area contributed by atoms with Crippen molar-refractivity contribution in [3.63, 3.8) is 0 Å². The van der Waals surface area contributed by atoms with E-state index in [0.29, 0.717) is 11.3 Å². The number of halogens is 1. The normalized spacial score (nSPS) is 14.0. The number of anilines is 2. The Hall–Kier alpha value is -3.40. The van der Waals surface area contributed by atoms with Crippen molar-refractivity contribution in [2.75, 3.05) is 10.6 Å². The zero-order valence-corrected chi connectivity index (χ0v) is 13.3. The third-order valence-corrected chi connectivity index (χ3v) is 3.52. The second-order valence-corrected chi connectivity index (χ2v) is 5.36. The van der Waals surface area contributed by atoms with Crippen LogP contribution in [0.1, 0.15) is 5.56 Å². The molecule has 0 saturated heterocycles. The van der Waals surface area contributed by atoms with Crippen LogP contribution >= 0.6 is 12.2 Å². The van der Waals surface area contributed by atoms with Crippen LogP contribution in [-0.2, 0) is 4.79 Å². The SMILES string of the molecule is O=C1Nc2c(F)cccc2/C1=N/NC(=S)Nc1ccc([N+](=O)[O-])cc1. The predicted molar refractivity (Wildman–Crippen MR) is 94.0 cm³/mol. The summed E-state index contributed by atoms with van der Waals surface area (Å²) in [5.74, 6) is -1.10. The average molecular weight is 359 g/mol. The number of nitro benzene ring substituents is 1. The largest absolute Gasteiger partial charge is 0.331 e. The molecule has 10 heteroatoms. The number of nitro groups is 1. The van der Waals surface area contributed by atoms with Gasteiger partial charge >= 0.3 is 0 Å². The highest BCUT2D eigenvalue weighted by atomic mass is 32.1. The van der Waals surface area contributed by atoms with Gasteiger partial charge in [-0.05, 0) is 30.4 Å². The van der Waals surface area contributed by atoms with Gasteiger partial charge in [-0.25, -0.2) is 4.39 Å². The van der Waals surface area contributed by atoms with Crippen molar-refractivity contribution in [2.45, 2.75) is 0 Å². The number of fused-ring (bicyclic) bond motifs is 1. The zero-order valence-electron chi connectivity index (χ0n) is 12.4. The lowest BCUT2D eigenvalue weighted by atomic mass is 10.1. The highest BCUT2D eigenvalue weighted by molar-refractivity contribution is 7.80. The summed E-state index contributed by atoms with van der Waals surface area (Å²) < 4.78 is 13.6. The van der Waals surface area contributed by atoms with Crippen LogP contribution < -0.4 is 16.1 Å². The third kappa shape index (κ3) is 3.43. The van der Waals surface area contributed by atoms with E-state index in [1.54, 1.807) is 6.07 Å². The average Bonchev–Trinajstić information content (AvgIpc) is 2.90. The first-order chi connectivity index (χ1) is 12.0. The Morgan fingerprint density at radius 2 is 1.96 bits per heavy atom. The molecular formula is C15H10FN5O3S. The maximum atomic E-state index is 13.6. The minimum Gasteiger partial charge on any atom is -0.331 e. The quantitative estimate of drug-likeness (QED) is 0.441. The standard InChI is InChI=1S/C15H10FN5O3S/c16-11-3-1-2-10-12(11)18-14(22)13(10)19-20-15(25)17-8-4-6-9(7-5-8)21(23)24/h1-7H,(H2,17,20,25)(H,18,19,22). The van der Waals surface area contributed by atoms with Crippen molar-refractivity contribution in [3.05, 3.63) is 64.0 Å². The van der Waals surface area contributed by atoms with Crippen LogP contribution in [0.3, 0.4) is 0 Å². The van der Waals surface area contributed by atoms with Gasteiger partial charge in [0.05, 0.1) is 10.6 Å². The van der Waals surface area contributed by atoms with E-state index in [2.05, 4.69) is 21.2 Å². The molecule has 1 aliphatic heterocycles. The van der Waals surface area contributed by atoms with Crippen LogP contribution in [0.25, 0.3) is 0 Å². The lowest BCUT2D eigenvalue weighted by molar-refractivity contribution is -0.384.